The van der Waals surface area contributed by atoms with Gasteiger partial charge in [-0.15, -0.1) is 11.3 Å². The van der Waals surface area contributed by atoms with Crippen LogP contribution in [0.2, 0.25) is 0 Å². The Bertz CT molecular complexity index is 750. The fraction of sp³-hybridized carbons (Fsp3) is 0.214. The second-order valence-electron chi connectivity index (χ2n) is 4.47. The molecule has 3 rings (SSSR count). The smallest absolute Gasteiger partial charge is 0.242 e. The molecule has 20 heavy (non-hydrogen) atoms. The minimum Gasteiger partial charge on any atom is -0.437 e. The maximum absolute atomic E-state index is 5.94. The molecule has 2 heterocycles. The number of aryl methyl sites for hydroxylation is 1. The molecule has 1 aromatic carbocycles. The van der Waals surface area contributed by atoms with Crippen LogP contribution in [0, 0.1) is 6.92 Å². The highest BCUT2D eigenvalue weighted by atomic mass is 79.9. The molecule has 0 aliphatic rings. The average molecular weight is 352 g/mol. The highest BCUT2D eigenvalue weighted by Gasteiger charge is 2.14. The van der Waals surface area contributed by atoms with Gasteiger partial charge in [-0.05, 0) is 37.2 Å². The third kappa shape index (κ3) is 2.46. The zero-order valence-electron chi connectivity index (χ0n) is 11.0. The topological polar surface area (TPSA) is 52.5 Å². The molecule has 0 bridgehead atoms. The van der Waals surface area contributed by atoms with Crippen LogP contribution in [0.1, 0.15) is 11.3 Å². The van der Waals surface area contributed by atoms with Gasteiger partial charge in [0.05, 0.1) is 5.69 Å². The first-order chi connectivity index (χ1) is 9.69. The highest BCUT2D eigenvalue weighted by Crippen LogP contribution is 2.30. The summed E-state index contributed by atoms with van der Waals surface area (Å²) >= 11 is 5.07. The number of fused-ring (bicyclic) bond motifs is 1. The van der Waals surface area contributed by atoms with Crippen molar-refractivity contribution in [2.45, 2.75) is 13.3 Å². The Balaban J connectivity index is 1.98. The van der Waals surface area contributed by atoms with E-state index in [-0.39, 0.29) is 0 Å². The molecule has 0 saturated carbocycles. The summed E-state index contributed by atoms with van der Waals surface area (Å²) in [6.07, 6.45) is 2.74. The highest BCUT2D eigenvalue weighted by molar-refractivity contribution is 9.10. The fourth-order valence-corrected chi connectivity index (χ4v) is 3.02. The van der Waals surface area contributed by atoms with Gasteiger partial charge in [0.1, 0.15) is 5.75 Å². The number of nitrogens with zero attached hydrogens (tertiary/aromatic N) is 2. The predicted molar refractivity (Wildman–Crippen MR) is 84.8 cm³/mol. The summed E-state index contributed by atoms with van der Waals surface area (Å²) in [5, 5.41) is 2.01. The average Bonchev–Trinajstić information content (AvgIpc) is 2.98. The van der Waals surface area contributed by atoms with Crippen molar-refractivity contribution in [1.82, 2.24) is 9.38 Å². The number of benzene rings is 1. The molecule has 0 amide bonds. The molecule has 0 aliphatic heterocycles. The van der Waals surface area contributed by atoms with Crippen molar-refractivity contribution in [3.63, 3.8) is 0 Å². The molecule has 2 aromatic heterocycles. The lowest BCUT2D eigenvalue weighted by Crippen LogP contribution is -2.05. The Hall–Kier alpha value is -1.37. The monoisotopic (exact) mass is 351 g/mol. The molecule has 3 aromatic rings. The third-order valence-corrected chi connectivity index (χ3v) is 4.70. The van der Waals surface area contributed by atoms with Crippen LogP contribution in [0.3, 0.4) is 0 Å². The number of imidazole rings is 1. The van der Waals surface area contributed by atoms with E-state index in [0.29, 0.717) is 12.4 Å². The molecule has 104 valence electrons. The summed E-state index contributed by atoms with van der Waals surface area (Å²) < 4.78 is 9.05. The first kappa shape index (κ1) is 13.6. The Morgan fingerprint density at radius 3 is 3.05 bits per heavy atom. The van der Waals surface area contributed by atoms with E-state index in [1.165, 1.54) is 0 Å². The molecular formula is C14H14BrN3OS. The van der Waals surface area contributed by atoms with Gasteiger partial charge in [0, 0.05) is 22.5 Å². The van der Waals surface area contributed by atoms with E-state index < -0.39 is 0 Å². The summed E-state index contributed by atoms with van der Waals surface area (Å²) in [5.41, 5.74) is 7.83. The number of thiazole rings is 1. The minimum atomic E-state index is 0.569. The quantitative estimate of drug-likeness (QED) is 0.778. The SMILES string of the molecule is Cc1cc(Oc2nc3sccn3c2CCN)ccc1Br. The standard InChI is InChI=1S/C14H14BrN3OS/c1-9-8-10(2-3-11(9)15)19-13-12(4-5-16)18-6-7-20-14(18)17-13/h2-3,6-8H,4-5,16H2,1H3. The lowest BCUT2D eigenvalue weighted by atomic mass is 10.2. The molecule has 0 unspecified atom stereocenters. The molecule has 4 nitrogen and oxygen atoms in total. The van der Waals surface area contributed by atoms with E-state index >= 15 is 0 Å². The second kappa shape index (κ2) is 5.55. The number of ether oxygens (including phenoxy) is 1. The molecule has 0 saturated heterocycles. The van der Waals surface area contributed by atoms with Crippen molar-refractivity contribution in [3.05, 3.63) is 45.5 Å². The zero-order valence-corrected chi connectivity index (χ0v) is 13.4. The van der Waals surface area contributed by atoms with Gasteiger partial charge in [-0.3, -0.25) is 4.40 Å². The predicted octanol–water partition coefficient (Wildman–Crippen LogP) is 3.76. The number of rotatable bonds is 4. The van der Waals surface area contributed by atoms with Crippen LogP contribution in [0.25, 0.3) is 4.96 Å². The molecule has 0 spiro atoms. The van der Waals surface area contributed by atoms with Crippen molar-refractivity contribution in [1.29, 1.82) is 0 Å². The number of aromatic nitrogens is 2. The van der Waals surface area contributed by atoms with Crippen molar-refractivity contribution in [2.24, 2.45) is 5.73 Å². The van der Waals surface area contributed by atoms with Crippen molar-refractivity contribution >= 4 is 32.2 Å². The van der Waals surface area contributed by atoms with Gasteiger partial charge in [-0.2, -0.15) is 4.98 Å². The zero-order chi connectivity index (χ0) is 14.1. The van der Waals surface area contributed by atoms with Crippen molar-refractivity contribution in [2.75, 3.05) is 6.54 Å². The third-order valence-electron chi connectivity index (χ3n) is 3.05. The molecule has 2 N–H and O–H groups in total. The summed E-state index contributed by atoms with van der Waals surface area (Å²) in [7, 11) is 0. The summed E-state index contributed by atoms with van der Waals surface area (Å²) in [4.78, 5) is 5.46. The Morgan fingerprint density at radius 2 is 2.30 bits per heavy atom. The van der Waals surface area contributed by atoms with Gasteiger partial charge in [-0.25, -0.2) is 0 Å². The van der Waals surface area contributed by atoms with Crippen LogP contribution in [0.4, 0.5) is 0 Å². The van der Waals surface area contributed by atoms with Crippen LogP contribution >= 0.6 is 27.3 Å². The van der Waals surface area contributed by atoms with Gasteiger partial charge < -0.3 is 10.5 Å². The fourth-order valence-electron chi connectivity index (χ4n) is 2.05. The van der Waals surface area contributed by atoms with Gasteiger partial charge >= 0.3 is 0 Å². The van der Waals surface area contributed by atoms with E-state index in [2.05, 4.69) is 20.9 Å². The Labute approximate surface area is 129 Å². The van der Waals surface area contributed by atoms with Crippen LogP contribution in [0.15, 0.2) is 34.2 Å². The van der Waals surface area contributed by atoms with Crippen LogP contribution in [0.5, 0.6) is 11.6 Å². The Morgan fingerprint density at radius 1 is 1.45 bits per heavy atom. The van der Waals surface area contributed by atoms with Crippen LogP contribution < -0.4 is 10.5 Å². The number of nitrogens with two attached hydrogens (primary N) is 1. The van der Waals surface area contributed by atoms with E-state index in [4.69, 9.17) is 10.5 Å². The number of hydrogen-bond acceptors (Lipinski definition) is 4. The molecule has 6 heteroatoms. The lowest BCUT2D eigenvalue weighted by molar-refractivity contribution is 0.458. The van der Waals surface area contributed by atoms with E-state index in [9.17, 15) is 0 Å². The number of hydrogen-bond donors (Lipinski definition) is 1. The molecule has 0 radical (unpaired) electrons. The molecule has 0 atom stereocenters. The van der Waals surface area contributed by atoms with Gasteiger partial charge in [0.2, 0.25) is 5.88 Å². The molecule has 0 fully saturated rings. The van der Waals surface area contributed by atoms with E-state index in [0.717, 1.165) is 32.9 Å². The van der Waals surface area contributed by atoms with Crippen molar-refractivity contribution < 1.29 is 4.74 Å². The maximum Gasteiger partial charge on any atom is 0.242 e. The number of halogens is 1. The van der Waals surface area contributed by atoms with Gasteiger partial charge in [0.25, 0.3) is 0 Å². The molecule has 0 aliphatic carbocycles. The van der Waals surface area contributed by atoms with Gasteiger partial charge in [-0.1, -0.05) is 15.9 Å². The summed E-state index contributed by atoms with van der Waals surface area (Å²) in [5.74, 6) is 1.43. The summed E-state index contributed by atoms with van der Waals surface area (Å²) in [6, 6.07) is 5.90. The summed E-state index contributed by atoms with van der Waals surface area (Å²) in [6.45, 7) is 2.60. The minimum absolute atomic E-state index is 0.569. The lowest BCUT2D eigenvalue weighted by Gasteiger charge is -2.07. The molecular weight excluding hydrogens is 338 g/mol. The van der Waals surface area contributed by atoms with E-state index in [1.807, 2.05) is 41.1 Å². The van der Waals surface area contributed by atoms with Crippen molar-refractivity contribution in [3.8, 4) is 11.6 Å². The van der Waals surface area contributed by atoms with E-state index in [1.54, 1.807) is 11.3 Å². The van der Waals surface area contributed by atoms with Gasteiger partial charge in [0.15, 0.2) is 4.96 Å². The maximum atomic E-state index is 5.94. The largest absolute Gasteiger partial charge is 0.437 e. The van der Waals surface area contributed by atoms with Crippen LogP contribution in [-0.2, 0) is 6.42 Å². The first-order valence-corrected chi connectivity index (χ1v) is 7.95. The first-order valence-electron chi connectivity index (χ1n) is 6.27. The Kier molecular flexibility index (Phi) is 3.78. The van der Waals surface area contributed by atoms with Crippen LogP contribution in [-0.4, -0.2) is 15.9 Å². The second-order valence-corrected chi connectivity index (χ2v) is 6.20. The normalized spacial score (nSPS) is 11.2.